The molecule has 1 N–H and O–H groups in total. The van der Waals surface area contributed by atoms with Crippen LogP contribution in [0.15, 0.2) is 34.5 Å². The number of hydrogen-bond donors (Lipinski definition) is 1. The van der Waals surface area contributed by atoms with Crippen molar-refractivity contribution >= 4 is 19.5 Å². The van der Waals surface area contributed by atoms with Gasteiger partial charge in [-0.2, -0.15) is 0 Å². The van der Waals surface area contributed by atoms with Gasteiger partial charge in [0.2, 0.25) is 0 Å². The molecule has 0 fully saturated rings. The molecule has 0 aromatic carbocycles. The second-order valence-electron chi connectivity index (χ2n) is 5.37. The number of rotatable bonds is 1. The number of halogens is 1. The first-order valence-electron chi connectivity index (χ1n) is 6.28. The minimum atomic E-state index is -0.333. The molecule has 0 radical (unpaired) electrons. The molecular weight excluding hydrogens is 264 g/mol. The van der Waals surface area contributed by atoms with Crippen LogP contribution < -0.4 is 5.32 Å². The summed E-state index contributed by atoms with van der Waals surface area (Å²) in [7, 11) is 1.60. The highest BCUT2D eigenvalue weighted by molar-refractivity contribution is 6.57. The van der Waals surface area contributed by atoms with E-state index in [1.165, 1.54) is 16.7 Å². The number of nitrogens with one attached hydrogen (secondary N) is 1. The van der Waals surface area contributed by atoms with Crippen LogP contribution in [0.25, 0.3) is 0 Å². The van der Waals surface area contributed by atoms with E-state index in [0.717, 1.165) is 5.47 Å². The first kappa shape index (κ1) is 14.7. The molecule has 0 bridgehead atoms. The number of likely N-dealkylation sites (N-methyl/N-ethyl adjacent to an activating group) is 1. The summed E-state index contributed by atoms with van der Waals surface area (Å²) < 4.78 is 17.5. The van der Waals surface area contributed by atoms with E-state index in [-0.39, 0.29) is 31.4 Å². The summed E-state index contributed by atoms with van der Waals surface area (Å²) in [4.78, 5) is 0. The van der Waals surface area contributed by atoms with E-state index in [1.807, 2.05) is 13.1 Å². The second-order valence-corrected chi connectivity index (χ2v) is 5.37. The Hall–Kier alpha value is -0.745. The van der Waals surface area contributed by atoms with Crippen LogP contribution in [0.3, 0.4) is 0 Å². The zero-order valence-corrected chi connectivity index (χ0v) is 12.5. The number of allylic oxidation sites excluding steroid dienone is 3. The first-order chi connectivity index (χ1) is 8.54. The minimum absolute atomic E-state index is 0. The summed E-state index contributed by atoms with van der Waals surface area (Å²) in [5, 5.41) is 3.16. The molecule has 19 heavy (non-hydrogen) atoms. The first-order valence-corrected chi connectivity index (χ1v) is 6.28. The van der Waals surface area contributed by atoms with Gasteiger partial charge in [0.1, 0.15) is 12.8 Å². The van der Waals surface area contributed by atoms with Crippen LogP contribution in [-0.4, -0.2) is 32.6 Å². The molecule has 3 aliphatic rings. The predicted molar refractivity (Wildman–Crippen MR) is 76.9 cm³/mol. The third kappa shape index (κ3) is 2.15. The van der Waals surface area contributed by atoms with E-state index in [0.29, 0.717) is 6.61 Å². The van der Waals surface area contributed by atoms with Gasteiger partial charge in [-0.05, 0) is 56.1 Å². The van der Waals surface area contributed by atoms with Crippen LogP contribution in [0, 0.1) is 0 Å². The molecule has 0 spiro atoms. The Balaban J connectivity index is 0.00000133. The molecule has 4 nitrogen and oxygen atoms in total. The SMILES string of the molecule is CN[C@H]1OB2OC(C)(C)C3=C2C(=C1C)C=COC3.Cl. The summed E-state index contributed by atoms with van der Waals surface area (Å²) in [6.45, 7) is 6.78. The molecule has 3 aliphatic heterocycles. The Labute approximate surface area is 120 Å². The largest absolute Gasteiger partial charge is 0.497 e. The lowest BCUT2D eigenvalue weighted by Gasteiger charge is -2.29. The van der Waals surface area contributed by atoms with E-state index in [1.54, 1.807) is 6.26 Å². The van der Waals surface area contributed by atoms with Crippen LogP contribution in [0.4, 0.5) is 0 Å². The molecule has 1 atom stereocenters. The van der Waals surface area contributed by atoms with Crippen molar-refractivity contribution in [1.29, 1.82) is 0 Å². The van der Waals surface area contributed by atoms with Crippen LogP contribution in [0.2, 0.25) is 0 Å². The van der Waals surface area contributed by atoms with Gasteiger partial charge < -0.3 is 14.0 Å². The Kier molecular flexibility index (Phi) is 3.84. The maximum absolute atomic E-state index is 6.02. The van der Waals surface area contributed by atoms with Gasteiger partial charge >= 0.3 is 7.12 Å². The zero-order chi connectivity index (χ0) is 12.9. The van der Waals surface area contributed by atoms with Gasteiger partial charge in [-0.25, -0.2) is 0 Å². The van der Waals surface area contributed by atoms with Crippen LogP contribution in [0.5, 0.6) is 0 Å². The fourth-order valence-electron chi connectivity index (χ4n) is 2.83. The molecule has 0 unspecified atom stereocenters. The Bertz CT molecular complexity index is 484. The quantitative estimate of drug-likeness (QED) is 0.747. The van der Waals surface area contributed by atoms with Crippen molar-refractivity contribution in [2.75, 3.05) is 13.7 Å². The summed E-state index contributed by atoms with van der Waals surface area (Å²) in [5.74, 6) is 0. The zero-order valence-electron chi connectivity index (χ0n) is 11.6. The van der Waals surface area contributed by atoms with Gasteiger partial charge in [0.25, 0.3) is 0 Å². The molecule has 3 heterocycles. The maximum atomic E-state index is 6.02. The van der Waals surface area contributed by atoms with Gasteiger partial charge in [-0.1, -0.05) is 0 Å². The highest BCUT2D eigenvalue weighted by Gasteiger charge is 2.49. The van der Waals surface area contributed by atoms with Gasteiger partial charge in [0, 0.05) is 0 Å². The normalized spacial score (nSPS) is 27.8. The lowest BCUT2D eigenvalue weighted by atomic mass is 9.69. The van der Waals surface area contributed by atoms with E-state index in [4.69, 9.17) is 14.0 Å². The highest BCUT2D eigenvalue weighted by Crippen LogP contribution is 2.43. The summed E-state index contributed by atoms with van der Waals surface area (Å²) in [5.41, 5.74) is 4.35. The van der Waals surface area contributed by atoms with Crippen molar-refractivity contribution < 1.29 is 14.0 Å². The lowest BCUT2D eigenvalue weighted by Crippen LogP contribution is -2.42. The summed E-state index contributed by atoms with van der Waals surface area (Å²) >= 11 is 0. The third-order valence-corrected chi connectivity index (χ3v) is 3.88. The Morgan fingerprint density at radius 1 is 1.42 bits per heavy atom. The topological polar surface area (TPSA) is 39.7 Å². The smallest absolute Gasteiger partial charge is 0.496 e. The van der Waals surface area contributed by atoms with Gasteiger partial charge in [-0.3, -0.25) is 5.32 Å². The second kappa shape index (κ2) is 4.98. The molecule has 0 aromatic heterocycles. The fourth-order valence-corrected chi connectivity index (χ4v) is 2.83. The van der Waals surface area contributed by atoms with Crippen molar-refractivity contribution in [1.82, 2.24) is 5.32 Å². The molecule has 6 heteroatoms. The van der Waals surface area contributed by atoms with Crippen LogP contribution in [0.1, 0.15) is 20.8 Å². The molecule has 0 amide bonds. The van der Waals surface area contributed by atoms with Crippen molar-refractivity contribution in [3.63, 3.8) is 0 Å². The summed E-state index contributed by atoms with van der Waals surface area (Å²) in [6, 6.07) is 0. The van der Waals surface area contributed by atoms with E-state index in [9.17, 15) is 0 Å². The van der Waals surface area contributed by atoms with E-state index < -0.39 is 0 Å². The molecule has 104 valence electrons. The number of ether oxygens (including phenoxy) is 1. The monoisotopic (exact) mass is 283 g/mol. The van der Waals surface area contributed by atoms with Gasteiger partial charge in [0.15, 0.2) is 0 Å². The molecule has 0 aromatic rings. The minimum Gasteiger partial charge on any atom is -0.497 e. The Morgan fingerprint density at radius 3 is 2.84 bits per heavy atom. The molecular formula is C13H19BClNO3. The highest BCUT2D eigenvalue weighted by atomic mass is 35.5. The third-order valence-electron chi connectivity index (χ3n) is 3.88. The molecule has 0 aliphatic carbocycles. The summed E-state index contributed by atoms with van der Waals surface area (Å²) in [6.07, 6.45) is 3.68. The van der Waals surface area contributed by atoms with Crippen LogP contribution >= 0.6 is 12.4 Å². The fraction of sp³-hybridized carbons (Fsp3) is 0.538. The molecule has 3 rings (SSSR count). The van der Waals surface area contributed by atoms with E-state index in [2.05, 4.69) is 26.1 Å². The predicted octanol–water partition coefficient (Wildman–Crippen LogP) is 1.98. The van der Waals surface area contributed by atoms with Crippen molar-refractivity contribution in [2.45, 2.75) is 32.6 Å². The molecule has 0 saturated carbocycles. The van der Waals surface area contributed by atoms with Crippen molar-refractivity contribution in [3.8, 4) is 0 Å². The van der Waals surface area contributed by atoms with E-state index >= 15 is 0 Å². The average molecular weight is 284 g/mol. The lowest BCUT2D eigenvalue weighted by molar-refractivity contribution is 0.0816. The maximum Gasteiger partial charge on any atom is 0.496 e. The van der Waals surface area contributed by atoms with Crippen molar-refractivity contribution in [2.24, 2.45) is 0 Å². The number of hydrogen-bond acceptors (Lipinski definition) is 4. The Morgan fingerprint density at radius 2 is 2.16 bits per heavy atom. The average Bonchev–Trinajstić information content (AvgIpc) is 2.52. The van der Waals surface area contributed by atoms with Gasteiger partial charge in [0.05, 0.1) is 11.9 Å². The standard InChI is InChI=1S/C13H18BNO3.ClH/c1-8-9-5-6-16-7-10-11(9)14(17-12(8)15-4)18-13(10,2)3;/h5-6,12,15H,7H2,1-4H3;1H/t12-;/m0./s1. The van der Waals surface area contributed by atoms with Gasteiger partial charge in [-0.15, -0.1) is 12.4 Å². The van der Waals surface area contributed by atoms with Crippen LogP contribution in [-0.2, 0) is 14.0 Å². The van der Waals surface area contributed by atoms with Crippen molar-refractivity contribution in [3.05, 3.63) is 34.5 Å². The molecule has 0 saturated heterocycles.